The third-order valence-corrected chi connectivity index (χ3v) is 1.85. The lowest BCUT2D eigenvalue weighted by atomic mass is 10.3. The van der Waals surface area contributed by atoms with Gasteiger partial charge in [-0.1, -0.05) is 4.53 Å². The molecule has 0 radical (unpaired) electrons. The summed E-state index contributed by atoms with van der Waals surface area (Å²) in [4.78, 5) is 0.837. The highest BCUT2D eigenvalue weighted by atomic mass is 32.2. The summed E-state index contributed by atoms with van der Waals surface area (Å²) in [5.41, 5.74) is 6.13. The third kappa shape index (κ3) is 2.78. The summed E-state index contributed by atoms with van der Waals surface area (Å²) >= 11 is 1.02. The van der Waals surface area contributed by atoms with Crippen LogP contribution in [0.5, 0.6) is 0 Å². The molecule has 0 bridgehead atoms. The molecule has 1 aromatic rings. The van der Waals surface area contributed by atoms with E-state index in [9.17, 15) is 4.48 Å². The lowest BCUT2D eigenvalue weighted by molar-refractivity contribution is 0.201. The van der Waals surface area contributed by atoms with Gasteiger partial charge >= 0.3 is 0 Å². The maximum atomic E-state index is 12.3. The molecule has 0 fully saturated rings. The van der Waals surface area contributed by atoms with E-state index in [0.717, 1.165) is 16.8 Å². The fraction of sp³-hybridized carbons (Fsp3) is 0.143. The van der Waals surface area contributed by atoms with Crippen molar-refractivity contribution in [2.24, 2.45) is 0 Å². The highest BCUT2D eigenvalue weighted by Gasteiger charge is 1.97. The fourth-order valence-electron chi connectivity index (χ4n) is 0.674. The van der Waals surface area contributed by atoms with Crippen LogP contribution in [0.3, 0.4) is 0 Å². The van der Waals surface area contributed by atoms with Gasteiger partial charge in [0.1, 0.15) is 0 Å². The van der Waals surface area contributed by atoms with Crippen LogP contribution in [0.15, 0.2) is 29.2 Å². The Morgan fingerprint density at radius 3 is 2.36 bits per heavy atom. The van der Waals surface area contributed by atoms with Gasteiger partial charge in [0.15, 0.2) is 0 Å². The summed E-state index contributed by atoms with van der Waals surface area (Å²) in [6.45, 7) is 0. The van der Waals surface area contributed by atoms with Crippen LogP contribution in [0.4, 0.5) is 10.2 Å². The van der Waals surface area contributed by atoms with Gasteiger partial charge in [-0.15, -0.1) is 4.48 Å². The maximum absolute atomic E-state index is 12.3. The minimum Gasteiger partial charge on any atom is -0.399 e. The van der Waals surface area contributed by atoms with E-state index >= 15 is 0 Å². The van der Waals surface area contributed by atoms with Crippen molar-refractivity contribution in [1.29, 1.82) is 0 Å². The summed E-state index contributed by atoms with van der Waals surface area (Å²) < 4.78 is 12.8. The number of halogens is 1. The Bertz CT molecular complexity index is 222. The summed E-state index contributed by atoms with van der Waals surface area (Å²) in [6.07, 6.45) is 0. The Kier molecular flexibility index (Phi) is 2.73. The van der Waals surface area contributed by atoms with Crippen LogP contribution in [-0.4, -0.2) is 11.6 Å². The Morgan fingerprint density at radius 1 is 1.36 bits per heavy atom. The Hall–Kier alpha value is -0.740. The molecule has 60 valence electrons. The van der Waals surface area contributed by atoms with Crippen molar-refractivity contribution in [3.05, 3.63) is 24.3 Å². The van der Waals surface area contributed by atoms with Gasteiger partial charge in [0.05, 0.1) is 0 Å². The zero-order valence-electron chi connectivity index (χ0n) is 6.12. The standard InChI is InChI=1S/C7H9FN2S/c1-10(8)11-7-4-2-6(9)3-5-7/h2-5H,9H2,1H3. The molecule has 2 N–H and O–H groups in total. The van der Waals surface area contributed by atoms with Gasteiger partial charge in [-0.3, -0.25) is 0 Å². The predicted octanol–water partition coefficient (Wildman–Crippen LogP) is 2.09. The van der Waals surface area contributed by atoms with E-state index < -0.39 is 0 Å². The van der Waals surface area contributed by atoms with Crippen LogP contribution >= 0.6 is 11.9 Å². The molecule has 0 aliphatic rings. The highest BCUT2D eigenvalue weighted by Crippen LogP contribution is 2.21. The molecule has 4 heteroatoms. The first-order chi connectivity index (χ1) is 5.18. The third-order valence-electron chi connectivity index (χ3n) is 1.11. The second kappa shape index (κ2) is 3.59. The molecule has 0 atom stereocenters. The van der Waals surface area contributed by atoms with Crippen molar-refractivity contribution < 1.29 is 4.48 Å². The van der Waals surface area contributed by atoms with Gasteiger partial charge in [-0.2, -0.15) is 0 Å². The summed E-state index contributed by atoms with van der Waals surface area (Å²) in [7, 11) is 1.35. The zero-order chi connectivity index (χ0) is 8.27. The van der Waals surface area contributed by atoms with Crippen LogP contribution in [-0.2, 0) is 0 Å². The molecule has 0 amide bonds. The lowest BCUT2D eigenvalue weighted by Crippen LogP contribution is -1.92. The smallest absolute Gasteiger partial charge is 0.0314 e. The van der Waals surface area contributed by atoms with Crippen molar-refractivity contribution in [2.75, 3.05) is 12.8 Å². The summed E-state index contributed by atoms with van der Waals surface area (Å²) in [5.74, 6) is 0. The van der Waals surface area contributed by atoms with E-state index in [1.165, 1.54) is 7.05 Å². The SMILES string of the molecule is CN(F)Sc1ccc(N)cc1. The largest absolute Gasteiger partial charge is 0.399 e. The van der Waals surface area contributed by atoms with E-state index in [4.69, 9.17) is 5.73 Å². The van der Waals surface area contributed by atoms with Gasteiger partial charge in [0, 0.05) is 17.6 Å². The van der Waals surface area contributed by atoms with Crippen molar-refractivity contribution in [2.45, 2.75) is 4.90 Å². The van der Waals surface area contributed by atoms with Crippen LogP contribution in [0.1, 0.15) is 0 Å². The predicted molar refractivity (Wildman–Crippen MR) is 45.6 cm³/mol. The van der Waals surface area contributed by atoms with Crippen LogP contribution in [0.2, 0.25) is 0 Å². The molecule has 2 nitrogen and oxygen atoms in total. The normalized spacial score (nSPS) is 10.5. The number of anilines is 1. The Balaban J connectivity index is 2.66. The maximum Gasteiger partial charge on any atom is 0.0314 e. The molecule has 0 unspecified atom stereocenters. The van der Waals surface area contributed by atoms with E-state index in [-0.39, 0.29) is 0 Å². The number of hydrogen-bond donors (Lipinski definition) is 1. The summed E-state index contributed by atoms with van der Waals surface area (Å²) in [5, 5.41) is 0. The average Bonchev–Trinajstić information content (AvgIpc) is 1.93. The van der Waals surface area contributed by atoms with Gasteiger partial charge in [-0.25, -0.2) is 0 Å². The molecule has 0 heterocycles. The number of nitrogens with zero attached hydrogens (tertiary/aromatic N) is 1. The second-order valence-corrected chi connectivity index (χ2v) is 3.24. The number of rotatable bonds is 2. The molecule has 0 aliphatic heterocycles. The lowest BCUT2D eigenvalue weighted by Gasteiger charge is -2.02. The van der Waals surface area contributed by atoms with Crippen LogP contribution in [0.25, 0.3) is 0 Å². The first kappa shape index (κ1) is 8.36. The van der Waals surface area contributed by atoms with Crippen molar-refractivity contribution >= 4 is 17.6 Å². The second-order valence-electron chi connectivity index (χ2n) is 2.08. The fourth-order valence-corrected chi connectivity index (χ4v) is 1.22. The molecule has 1 aromatic carbocycles. The zero-order valence-corrected chi connectivity index (χ0v) is 6.94. The molecule has 0 aliphatic carbocycles. The van der Waals surface area contributed by atoms with Gasteiger partial charge in [0.2, 0.25) is 0 Å². The van der Waals surface area contributed by atoms with Crippen LogP contribution < -0.4 is 5.73 Å². The van der Waals surface area contributed by atoms with Crippen LogP contribution in [0, 0.1) is 0 Å². The number of nitrogen functional groups attached to an aromatic ring is 1. The topological polar surface area (TPSA) is 29.3 Å². The first-order valence-corrected chi connectivity index (χ1v) is 3.89. The molecular weight excluding hydrogens is 163 g/mol. The number of nitrogens with two attached hydrogens (primary N) is 1. The van der Waals surface area contributed by atoms with Gasteiger partial charge < -0.3 is 5.73 Å². The average molecular weight is 172 g/mol. The number of benzene rings is 1. The van der Waals surface area contributed by atoms with E-state index in [0.29, 0.717) is 10.2 Å². The summed E-state index contributed by atoms with van der Waals surface area (Å²) in [6, 6.07) is 7.03. The minimum atomic E-state index is 0.547. The molecule has 1 rings (SSSR count). The molecule has 0 aromatic heterocycles. The quantitative estimate of drug-likeness (QED) is 0.421. The molecular formula is C7H9FN2S. The van der Waals surface area contributed by atoms with E-state index in [2.05, 4.69) is 0 Å². The van der Waals surface area contributed by atoms with Gasteiger partial charge in [0.25, 0.3) is 0 Å². The molecule has 0 spiro atoms. The Labute approximate surface area is 69.3 Å². The van der Waals surface area contributed by atoms with Gasteiger partial charge in [-0.05, 0) is 36.2 Å². The monoisotopic (exact) mass is 172 g/mol. The minimum absolute atomic E-state index is 0.547. The first-order valence-electron chi connectivity index (χ1n) is 3.11. The van der Waals surface area contributed by atoms with E-state index in [1.54, 1.807) is 24.3 Å². The van der Waals surface area contributed by atoms with Crippen molar-refractivity contribution in [1.82, 2.24) is 4.53 Å². The molecule has 0 saturated heterocycles. The number of hydrogen-bond acceptors (Lipinski definition) is 3. The Morgan fingerprint density at radius 2 is 1.91 bits per heavy atom. The molecule has 0 saturated carbocycles. The highest BCUT2D eigenvalue weighted by molar-refractivity contribution is 7.96. The van der Waals surface area contributed by atoms with E-state index in [1.807, 2.05) is 0 Å². The van der Waals surface area contributed by atoms with Crippen molar-refractivity contribution in [3.63, 3.8) is 0 Å². The van der Waals surface area contributed by atoms with Crippen molar-refractivity contribution in [3.8, 4) is 0 Å². The molecule has 11 heavy (non-hydrogen) atoms.